The van der Waals surface area contributed by atoms with Gasteiger partial charge in [-0.2, -0.15) is 0 Å². The first-order chi connectivity index (χ1) is 12.7. The number of imide groups is 1. The standard InChI is InChI=1S/C18H20N2O5S2/c1-11(2)20-17(22)15(26-18(20)23)9-12-3-5-13(6-4-12)16(21)19-14-7-8-27(24,25)10-14/h3-6,9,11,14H,7-8,10H2,1-2H3,(H,19,21). The maximum absolute atomic E-state index is 12.3. The van der Waals surface area contributed by atoms with Gasteiger partial charge in [0.2, 0.25) is 0 Å². The Bertz CT molecular complexity index is 920. The molecule has 1 N–H and O–H groups in total. The summed E-state index contributed by atoms with van der Waals surface area (Å²) in [5.74, 6) is -0.571. The summed E-state index contributed by atoms with van der Waals surface area (Å²) >= 11 is 0.899. The van der Waals surface area contributed by atoms with Crippen LogP contribution in [0.3, 0.4) is 0 Å². The number of nitrogens with zero attached hydrogens (tertiary/aromatic N) is 1. The normalized spacial score (nSPS) is 23.4. The molecule has 1 aromatic rings. The fourth-order valence-electron chi connectivity index (χ4n) is 2.98. The van der Waals surface area contributed by atoms with Crippen LogP contribution >= 0.6 is 11.8 Å². The molecule has 144 valence electrons. The van der Waals surface area contributed by atoms with Gasteiger partial charge in [-0.25, -0.2) is 8.42 Å². The molecule has 1 aromatic carbocycles. The lowest BCUT2D eigenvalue weighted by molar-refractivity contribution is -0.123. The largest absolute Gasteiger partial charge is 0.348 e. The Hall–Kier alpha value is -2.13. The van der Waals surface area contributed by atoms with E-state index in [2.05, 4.69) is 5.32 Å². The summed E-state index contributed by atoms with van der Waals surface area (Å²) in [6.07, 6.45) is 2.05. The minimum Gasteiger partial charge on any atom is -0.348 e. The number of hydrogen-bond acceptors (Lipinski definition) is 6. The quantitative estimate of drug-likeness (QED) is 0.766. The number of thioether (sulfide) groups is 1. The number of carbonyl (C=O) groups excluding carboxylic acids is 3. The van der Waals surface area contributed by atoms with Crippen molar-refractivity contribution in [3.05, 3.63) is 40.3 Å². The van der Waals surface area contributed by atoms with Gasteiger partial charge in [-0.15, -0.1) is 0 Å². The zero-order chi connectivity index (χ0) is 19.8. The van der Waals surface area contributed by atoms with Crippen molar-refractivity contribution in [1.82, 2.24) is 10.2 Å². The highest BCUT2D eigenvalue weighted by Gasteiger charge is 2.36. The Kier molecular flexibility index (Phi) is 5.43. The number of hydrogen-bond donors (Lipinski definition) is 1. The predicted molar refractivity (Wildman–Crippen MR) is 104 cm³/mol. The number of rotatable bonds is 4. The molecule has 2 heterocycles. The lowest BCUT2D eigenvalue weighted by Gasteiger charge is -2.16. The Morgan fingerprint density at radius 1 is 1.26 bits per heavy atom. The highest BCUT2D eigenvalue weighted by atomic mass is 32.2. The van der Waals surface area contributed by atoms with Crippen LogP contribution < -0.4 is 5.32 Å². The maximum Gasteiger partial charge on any atom is 0.293 e. The Morgan fingerprint density at radius 2 is 1.93 bits per heavy atom. The average molecular weight is 409 g/mol. The van der Waals surface area contributed by atoms with Gasteiger partial charge >= 0.3 is 0 Å². The Balaban J connectivity index is 1.68. The molecule has 3 rings (SSSR count). The van der Waals surface area contributed by atoms with Gasteiger partial charge < -0.3 is 5.32 Å². The van der Waals surface area contributed by atoms with Gasteiger partial charge in [-0.1, -0.05) is 12.1 Å². The molecule has 27 heavy (non-hydrogen) atoms. The van der Waals surface area contributed by atoms with E-state index < -0.39 is 9.84 Å². The maximum atomic E-state index is 12.3. The van der Waals surface area contributed by atoms with Gasteiger partial charge in [-0.3, -0.25) is 19.3 Å². The molecule has 1 atom stereocenters. The van der Waals surface area contributed by atoms with Crippen LogP contribution in [0.1, 0.15) is 36.2 Å². The number of nitrogens with one attached hydrogen (secondary N) is 1. The molecule has 0 bridgehead atoms. The average Bonchev–Trinajstić information content (AvgIpc) is 3.06. The first-order valence-electron chi connectivity index (χ1n) is 8.55. The molecule has 0 spiro atoms. The van der Waals surface area contributed by atoms with E-state index in [0.29, 0.717) is 22.5 Å². The van der Waals surface area contributed by atoms with Crippen molar-refractivity contribution in [3.63, 3.8) is 0 Å². The molecule has 9 heteroatoms. The van der Waals surface area contributed by atoms with E-state index in [-0.39, 0.29) is 40.6 Å². The van der Waals surface area contributed by atoms with Crippen LogP contribution in [-0.2, 0) is 14.6 Å². The van der Waals surface area contributed by atoms with Gasteiger partial charge in [0, 0.05) is 17.6 Å². The molecule has 2 aliphatic heterocycles. The molecule has 2 aliphatic rings. The van der Waals surface area contributed by atoms with Crippen LogP contribution in [0.5, 0.6) is 0 Å². The molecule has 2 saturated heterocycles. The summed E-state index contributed by atoms with van der Waals surface area (Å²) in [5.41, 5.74) is 1.11. The fourth-order valence-corrected chi connectivity index (χ4v) is 5.62. The van der Waals surface area contributed by atoms with Crippen molar-refractivity contribution < 1.29 is 22.8 Å². The van der Waals surface area contributed by atoms with Gasteiger partial charge in [0.05, 0.1) is 16.4 Å². The zero-order valence-electron chi connectivity index (χ0n) is 15.0. The highest BCUT2D eigenvalue weighted by Crippen LogP contribution is 2.33. The third kappa shape index (κ3) is 4.41. The smallest absolute Gasteiger partial charge is 0.293 e. The minimum absolute atomic E-state index is 0.0252. The van der Waals surface area contributed by atoms with Crippen LogP contribution in [-0.4, -0.2) is 54.0 Å². The molecule has 2 fully saturated rings. The van der Waals surface area contributed by atoms with Crippen LogP contribution in [0.2, 0.25) is 0 Å². The van der Waals surface area contributed by atoms with E-state index in [1.807, 2.05) is 0 Å². The number of amides is 3. The van der Waals surface area contributed by atoms with Crippen LogP contribution in [0.25, 0.3) is 6.08 Å². The lowest BCUT2D eigenvalue weighted by atomic mass is 10.1. The third-order valence-electron chi connectivity index (χ3n) is 4.38. The van der Waals surface area contributed by atoms with E-state index in [9.17, 15) is 22.8 Å². The summed E-state index contributed by atoms with van der Waals surface area (Å²) in [7, 11) is -3.05. The molecule has 7 nitrogen and oxygen atoms in total. The van der Waals surface area contributed by atoms with Gasteiger partial charge in [0.1, 0.15) is 0 Å². The first-order valence-corrected chi connectivity index (χ1v) is 11.2. The molecule has 0 saturated carbocycles. The van der Waals surface area contributed by atoms with Gasteiger partial charge in [0.25, 0.3) is 17.1 Å². The predicted octanol–water partition coefficient (Wildman–Crippen LogP) is 2.05. The van der Waals surface area contributed by atoms with Crippen LogP contribution in [0.4, 0.5) is 4.79 Å². The fraction of sp³-hybridized carbons (Fsp3) is 0.389. The van der Waals surface area contributed by atoms with E-state index >= 15 is 0 Å². The zero-order valence-corrected chi connectivity index (χ0v) is 16.6. The van der Waals surface area contributed by atoms with Gasteiger partial charge in [0.15, 0.2) is 9.84 Å². The molecule has 0 aromatic heterocycles. The monoisotopic (exact) mass is 408 g/mol. The SMILES string of the molecule is CC(C)N1C(=O)SC(=Cc2ccc(C(=O)NC3CCS(=O)(=O)C3)cc2)C1=O. The molecule has 3 amide bonds. The van der Waals surface area contributed by atoms with Crippen molar-refractivity contribution in [2.24, 2.45) is 0 Å². The molecular formula is C18H20N2O5S2. The van der Waals surface area contributed by atoms with Crippen molar-refractivity contribution >= 4 is 44.7 Å². The second-order valence-electron chi connectivity index (χ2n) is 6.84. The van der Waals surface area contributed by atoms with Crippen molar-refractivity contribution in [1.29, 1.82) is 0 Å². The minimum atomic E-state index is -3.05. The summed E-state index contributed by atoms with van der Waals surface area (Å²) in [5, 5.41) is 2.44. The van der Waals surface area contributed by atoms with Crippen LogP contribution in [0, 0.1) is 0 Å². The molecule has 1 unspecified atom stereocenters. The summed E-state index contributed by atoms with van der Waals surface area (Å²) in [6.45, 7) is 3.56. The van der Waals surface area contributed by atoms with Gasteiger partial charge in [-0.05, 0) is 55.8 Å². The van der Waals surface area contributed by atoms with E-state index in [4.69, 9.17) is 0 Å². The van der Waals surface area contributed by atoms with E-state index in [1.165, 1.54) is 4.90 Å². The molecule has 0 radical (unpaired) electrons. The molecular weight excluding hydrogens is 388 g/mol. The highest BCUT2D eigenvalue weighted by molar-refractivity contribution is 8.18. The number of sulfone groups is 1. The van der Waals surface area contributed by atoms with Crippen molar-refractivity contribution in [3.8, 4) is 0 Å². The number of benzene rings is 1. The summed E-state index contributed by atoms with van der Waals surface area (Å²) < 4.78 is 22.9. The lowest BCUT2D eigenvalue weighted by Crippen LogP contribution is -2.35. The topological polar surface area (TPSA) is 101 Å². The second-order valence-corrected chi connectivity index (χ2v) is 10.1. The second kappa shape index (κ2) is 7.47. The Labute approximate surface area is 162 Å². The summed E-state index contributed by atoms with van der Waals surface area (Å²) in [4.78, 5) is 38.0. The number of carbonyl (C=O) groups is 3. The Morgan fingerprint density at radius 3 is 2.44 bits per heavy atom. The van der Waals surface area contributed by atoms with Crippen molar-refractivity contribution in [2.75, 3.05) is 11.5 Å². The van der Waals surface area contributed by atoms with Crippen molar-refractivity contribution in [2.45, 2.75) is 32.4 Å². The third-order valence-corrected chi connectivity index (χ3v) is 7.03. The van der Waals surface area contributed by atoms with E-state index in [0.717, 1.165) is 11.8 Å². The molecule has 0 aliphatic carbocycles. The van der Waals surface area contributed by atoms with E-state index in [1.54, 1.807) is 44.2 Å². The van der Waals surface area contributed by atoms with Crippen LogP contribution in [0.15, 0.2) is 29.2 Å². The first kappa shape index (κ1) is 19.6. The summed E-state index contributed by atoms with van der Waals surface area (Å²) in [6, 6.07) is 6.03.